The minimum atomic E-state index is -0.296. The molecule has 0 saturated carbocycles. The van der Waals surface area contributed by atoms with Crippen molar-refractivity contribution in [3.8, 4) is 0 Å². The van der Waals surface area contributed by atoms with Crippen LogP contribution in [0, 0.1) is 5.82 Å². The molecule has 0 aliphatic rings. The van der Waals surface area contributed by atoms with E-state index in [4.69, 9.17) is 11.6 Å². The van der Waals surface area contributed by atoms with E-state index in [0.717, 1.165) is 10.0 Å². The van der Waals surface area contributed by atoms with Crippen molar-refractivity contribution in [3.63, 3.8) is 0 Å². The van der Waals surface area contributed by atoms with Gasteiger partial charge in [0, 0.05) is 12.4 Å². The Balaban J connectivity index is 1.65. The van der Waals surface area contributed by atoms with E-state index in [2.05, 4.69) is 31.4 Å². The molecule has 0 bridgehead atoms. The number of benzene rings is 1. The standard InChI is InChI=1S/C15H12BrClFN5O/c16-11-5-19-22(7-11)9-14(24)20-15-13(17)8-23(21-15)6-10-1-3-12(18)4-2-10/h1-5,7-8H,6,9H2,(H,20,21,24). The molecular formula is C15H12BrClFN5O. The normalized spacial score (nSPS) is 10.8. The van der Waals surface area contributed by atoms with E-state index in [1.54, 1.807) is 35.4 Å². The van der Waals surface area contributed by atoms with E-state index >= 15 is 0 Å². The smallest absolute Gasteiger partial charge is 0.247 e. The zero-order valence-electron chi connectivity index (χ0n) is 12.3. The molecule has 3 rings (SSSR count). The van der Waals surface area contributed by atoms with Crippen LogP contribution in [0.1, 0.15) is 5.56 Å². The Morgan fingerprint density at radius 2 is 2.00 bits per heavy atom. The summed E-state index contributed by atoms with van der Waals surface area (Å²) in [6, 6.07) is 6.09. The van der Waals surface area contributed by atoms with Crippen molar-refractivity contribution in [1.82, 2.24) is 19.6 Å². The van der Waals surface area contributed by atoms with Crippen molar-refractivity contribution in [2.75, 3.05) is 5.32 Å². The lowest BCUT2D eigenvalue weighted by atomic mass is 10.2. The number of aromatic nitrogens is 4. The zero-order chi connectivity index (χ0) is 17.1. The molecule has 0 fully saturated rings. The van der Waals surface area contributed by atoms with Crippen molar-refractivity contribution in [1.29, 1.82) is 0 Å². The summed E-state index contributed by atoms with van der Waals surface area (Å²) in [6.45, 7) is 0.467. The van der Waals surface area contributed by atoms with Crippen LogP contribution in [-0.4, -0.2) is 25.5 Å². The summed E-state index contributed by atoms with van der Waals surface area (Å²) in [7, 11) is 0. The summed E-state index contributed by atoms with van der Waals surface area (Å²) in [6.07, 6.45) is 4.89. The summed E-state index contributed by atoms with van der Waals surface area (Å²) in [5.41, 5.74) is 0.870. The lowest BCUT2D eigenvalue weighted by Crippen LogP contribution is -2.19. The van der Waals surface area contributed by atoms with Gasteiger partial charge in [0.2, 0.25) is 5.91 Å². The second-order valence-corrected chi connectivity index (χ2v) is 6.38. The summed E-state index contributed by atoms with van der Waals surface area (Å²) in [5, 5.41) is 11.2. The third-order valence-electron chi connectivity index (χ3n) is 3.14. The SMILES string of the molecule is O=C(Cn1cc(Br)cn1)Nc1nn(Cc2ccc(F)cc2)cc1Cl. The van der Waals surface area contributed by atoms with Gasteiger partial charge in [0.15, 0.2) is 5.82 Å². The number of carbonyl (C=O) groups is 1. The van der Waals surface area contributed by atoms with Gasteiger partial charge >= 0.3 is 0 Å². The molecule has 1 amide bonds. The maximum absolute atomic E-state index is 12.9. The average molecular weight is 413 g/mol. The molecule has 124 valence electrons. The second kappa shape index (κ2) is 7.14. The van der Waals surface area contributed by atoms with Crippen LogP contribution in [-0.2, 0) is 17.9 Å². The molecule has 0 aliphatic carbocycles. The molecule has 3 aromatic rings. The fourth-order valence-electron chi connectivity index (χ4n) is 2.08. The van der Waals surface area contributed by atoms with E-state index in [1.807, 2.05) is 0 Å². The Bertz CT molecular complexity index is 861. The minimum Gasteiger partial charge on any atom is -0.306 e. The Morgan fingerprint density at radius 1 is 1.25 bits per heavy atom. The fourth-order valence-corrected chi connectivity index (χ4v) is 2.61. The molecule has 6 nitrogen and oxygen atoms in total. The Morgan fingerprint density at radius 3 is 2.67 bits per heavy atom. The molecule has 0 radical (unpaired) electrons. The van der Waals surface area contributed by atoms with Crippen LogP contribution in [0.15, 0.2) is 47.3 Å². The lowest BCUT2D eigenvalue weighted by molar-refractivity contribution is -0.116. The number of hydrogen-bond donors (Lipinski definition) is 1. The highest BCUT2D eigenvalue weighted by molar-refractivity contribution is 9.10. The monoisotopic (exact) mass is 411 g/mol. The molecule has 9 heteroatoms. The largest absolute Gasteiger partial charge is 0.306 e. The number of amides is 1. The van der Waals surface area contributed by atoms with Gasteiger partial charge in [0.05, 0.1) is 17.2 Å². The topological polar surface area (TPSA) is 64.7 Å². The van der Waals surface area contributed by atoms with Crippen LogP contribution in [0.4, 0.5) is 10.2 Å². The van der Waals surface area contributed by atoms with Crippen molar-refractivity contribution in [2.45, 2.75) is 13.1 Å². The van der Waals surface area contributed by atoms with Gasteiger partial charge in [0.25, 0.3) is 0 Å². The highest BCUT2D eigenvalue weighted by atomic mass is 79.9. The van der Waals surface area contributed by atoms with Gasteiger partial charge < -0.3 is 5.32 Å². The number of hydrogen-bond acceptors (Lipinski definition) is 3. The molecule has 24 heavy (non-hydrogen) atoms. The number of nitrogens with one attached hydrogen (secondary N) is 1. The van der Waals surface area contributed by atoms with Gasteiger partial charge in [-0.3, -0.25) is 14.2 Å². The van der Waals surface area contributed by atoms with Crippen LogP contribution in [0.25, 0.3) is 0 Å². The van der Waals surface area contributed by atoms with Crippen LogP contribution in [0.2, 0.25) is 5.02 Å². The third-order valence-corrected chi connectivity index (χ3v) is 3.83. The van der Waals surface area contributed by atoms with Crippen LogP contribution in [0.5, 0.6) is 0 Å². The van der Waals surface area contributed by atoms with Crippen LogP contribution in [0.3, 0.4) is 0 Å². The first-order valence-corrected chi connectivity index (χ1v) is 8.12. The van der Waals surface area contributed by atoms with Crippen molar-refractivity contribution in [3.05, 3.63) is 63.7 Å². The van der Waals surface area contributed by atoms with Gasteiger partial charge in [0.1, 0.15) is 17.4 Å². The van der Waals surface area contributed by atoms with Crippen LogP contribution < -0.4 is 5.32 Å². The Hall–Kier alpha value is -2.19. The molecular weight excluding hydrogens is 401 g/mol. The molecule has 0 atom stereocenters. The van der Waals surface area contributed by atoms with Crippen LogP contribution >= 0.6 is 27.5 Å². The predicted octanol–water partition coefficient (Wildman–Crippen LogP) is 3.32. The Kier molecular flexibility index (Phi) is 4.96. The highest BCUT2D eigenvalue weighted by Crippen LogP contribution is 2.20. The van der Waals surface area contributed by atoms with Crippen molar-refractivity contribution >= 4 is 39.3 Å². The average Bonchev–Trinajstić information content (AvgIpc) is 3.08. The van der Waals surface area contributed by atoms with Gasteiger partial charge in [-0.1, -0.05) is 23.7 Å². The first-order chi connectivity index (χ1) is 11.5. The fraction of sp³-hybridized carbons (Fsp3) is 0.133. The van der Waals surface area contributed by atoms with Gasteiger partial charge in [-0.2, -0.15) is 10.2 Å². The van der Waals surface area contributed by atoms with E-state index in [-0.39, 0.29) is 24.1 Å². The van der Waals surface area contributed by atoms with E-state index < -0.39 is 0 Å². The minimum absolute atomic E-state index is 0.0484. The maximum atomic E-state index is 12.9. The number of rotatable bonds is 5. The van der Waals surface area contributed by atoms with Crippen molar-refractivity contribution in [2.24, 2.45) is 0 Å². The summed E-state index contributed by atoms with van der Waals surface area (Å²) < 4.78 is 16.8. The molecule has 0 spiro atoms. The Labute approximate surface area is 150 Å². The number of anilines is 1. The number of nitrogens with zero attached hydrogens (tertiary/aromatic N) is 4. The molecule has 1 N–H and O–H groups in total. The van der Waals surface area contributed by atoms with Gasteiger partial charge in [-0.15, -0.1) is 0 Å². The summed E-state index contributed by atoms with van der Waals surface area (Å²) in [4.78, 5) is 12.0. The predicted molar refractivity (Wildman–Crippen MR) is 91.3 cm³/mol. The molecule has 0 saturated heterocycles. The highest BCUT2D eigenvalue weighted by Gasteiger charge is 2.12. The molecule has 1 aromatic carbocycles. The lowest BCUT2D eigenvalue weighted by Gasteiger charge is -2.03. The van der Waals surface area contributed by atoms with Gasteiger partial charge in [-0.25, -0.2) is 4.39 Å². The first-order valence-electron chi connectivity index (χ1n) is 6.95. The number of halogens is 3. The van der Waals surface area contributed by atoms with Gasteiger partial charge in [-0.05, 0) is 33.6 Å². The first kappa shape index (κ1) is 16.7. The van der Waals surface area contributed by atoms with E-state index in [0.29, 0.717) is 11.6 Å². The molecule has 2 aromatic heterocycles. The maximum Gasteiger partial charge on any atom is 0.247 e. The van der Waals surface area contributed by atoms with E-state index in [9.17, 15) is 9.18 Å². The third kappa shape index (κ3) is 4.21. The van der Waals surface area contributed by atoms with Crippen molar-refractivity contribution < 1.29 is 9.18 Å². The zero-order valence-corrected chi connectivity index (χ0v) is 14.6. The van der Waals surface area contributed by atoms with E-state index in [1.165, 1.54) is 16.8 Å². The molecule has 0 aliphatic heterocycles. The second-order valence-electron chi connectivity index (χ2n) is 5.05. The summed E-state index contributed by atoms with van der Waals surface area (Å²) >= 11 is 9.36. The molecule has 2 heterocycles. The summed E-state index contributed by atoms with van der Waals surface area (Å²) in [5.74, 6) is -0.315. The molecule has 0 unspecified atom stereocenters. The number of carbonyl (C=O) groups excluding carboxylic acids is 1. The quantitative estimate of drug-likeness (QED) is 0.699.